The monoisotopic (exact) mass is 514 g/mol. The second-order valence-electron chi connectivity index (χ2n) is 5.53. The van der Waals surface area contributed by atoms with Gasteiger partial charge in [0.2, 0.25) is 10.0 Å². The first kappa shape index (κ1) is 25.7. The van der Waals surface area contributed by atoms with Crippen LogP contribution < -0.4 is 20.1 Å². The number of anilines is 1. The standard InChI is InChI=1S/C17H30N4O4S.HI/c1-6-21(26(5,22)23)12-8-11-19-17(18-3)20-14-9-10-15(24-4)16(13-14)25-7-2;/h9-10,13H,6-8,11-12H2,1-5H3,(H2,18,19,20);1H. The summed E-state index contributed by atoms with van der Waals surface area (Å²) in [6.45, 7) is 5.82. The lowest BCUT2D eigenvalue weighted by molar-refractivity contribution is 0.311. The molecule has 0 heterocycles. The lowest BCUT2D eigenvalue weighted by Gasteiger charge is -2.18. The first-order chi connectivity index (χ1) is 12.3. The van der Waals surface area contributed by atoms with Gasteiger partial charge in [0.25, 0.3) is 0 Å². The van der Waals surface area contributed by atoms with E-state index in [0.717, 1.165) is 5.69 Å². The lowest BCUT2D eigenvalue weighted by atomic mass is 10.2. The smallest absolute Gasteiger partial charge is 0.211 e. The first-order valence-corrected chi connectivity index (χ1v) is 10.4. The van der Waals surface area contributed by atoms with E-state index in [9.17, 15) is 8.42 Å². The van der Waals surface area contributed by atoms with E-state index in [1.807, 2.05) is 32.0 Å². The van der Waals surface area contributed by atoms with Gasteiger partial charge in [-0.3, -0.25) is 4.99 Å². The van der Waals surface area contributed by atoms with E-state index >= 15 is 0 Å². The number of methoxy groups -OCH3 is 1. The number of rotatable bonds is 10. The molecule has 156 valence electrons. The Bertz CT molecular complexity index is 698. The predicted octanol–water partition coefficient (Wildman–Crippen LogP) is 2.37. The Labute approximate surface area is 179 Å². The molecule has 0 aliphatic rings. The minimum atomic E-state index is -3.15. The van der Waals surface area contributed by atoms with Gasteiger partial charge in [0, 0.05) is 38.4 Å². The zero-order valence-electron chi connectivity index (χ0n) is 16.6. The molecule has 0 saturated heterocycles. The molecule has 0 bridgehead atoms. The van der Waals surface area contributed by atoms with Crippen LogP contribution in [0.15, 0.2) is 23.2 Å². The van der Waals surface area contributed by atoms with E-state index in [2.05, 4.69) is 15.6 Å². The molecule has 0 unspecified atom stereocenters. The Morgan fingerprint density at radius 1 is 1.26 bits per heavy atom. The molecule has 0 spiro atoms. The van der Waals surface area contributed by atoms with Crippen LogP contribution >= 0.6 is 24.0 Å². The van der Waals surface area contributed by atoms with Crippen LogP contribution in [0.25, 0.3) is 0 Å². The van der Waals surface area contributed by atoms with Crippen molar-refractivity contribution in [3.8, 4) is 11.5 Å². The fourth-order valence-corrected chi connectivity index (χ4v) is 3.29. The molecule has 27 heavy (non-hydrogen) atoms. The summed E-state index contributed by atoms with van der Waals surface area (Å²) in [6.07, 6.45) is 1.90. The van der Waals surface area contributed by atoms with Crippen LogP contribution in [0.1, 0.15) is 20.3 Å². The fraction of sp³-hybridized carbons (Fsp3) is 0.588. The predicted molar refractivity (Wildman–Crippen MR) is 121 cm³/mol. The van der Waals surface area contributed by atoms with Crippen LogP contribution in [0.4, 0.5) is 5.69 Å². The minimum absolute atomic E-state index is 0. The summed E-state index contributed by atoms with van der Waals surface area (Å²) < 4.78 is 35.4. The average molecular weight is 514 g/mol. The van der Waals surface area contributed by atoms with Gasteiger partial charge in [0.05, 0.1) is 20.0 Å². The Morgan fingerprint density at radius 3 is 2.48 bits per heavy atom. The quantitative estimate of drug-likeness (QED) is 0.216. The fourth-order valence-electron chi connectivity index (χ4n) is 2.36. The van der Waals surface area contributed by atoms with Crippen LogP contribution in [0, 0.1) is 0 Å². The molecule has 0 atom stereocenters. The maximum Gasteiger partial charge on any atom is 0.211 e. The molecule has 10 heteroatoms. The number of ether oxygens (including phenoxy) is 2. The summed E-state index contributed by atoms with van der Waals surface area (Å²) in [6, 6.07) is 5.54. The minimum Gasteiger partial charge on any atom is -0.493 e. The number of nitrogens with zero attached hydrogens (tertiary/aromatic N) is 2. The molecular formula is C17H31IN4O4S. The zero-order valence-corrected chi connectivity index (χ0v) is 19.8. The van der Waals surface area contributed by atoms with Gasteiger partial charge >= 0.3 is 0 Å². The molecule has 0 radical (unpaired) electrons. The highest BCUT2D eigenvalue weighted by molar-refractivity contribution is 14.0. The third-order valence-corrected chi connectivity index (χ3v) is 5.03. The molecule has 1 aromatic rings. The summed E-state index contributed by atoms with van der Waals surface area (Å²) in [5.74, 6) is 1.92. The SMILES string of the molecule is CCOc1cc(NC(=NC)NCCCN(CC)S(C)(=O)=O)ccc1OC.I. The number of sulfonamides is 1. The van der Waals surface area contributed by atoms with Gasteiger partial charge in [-0.05, 0) is 25.5 Å². The number of hydrogen-bond donors (Lipinski definition) is 2. The van der Waals surface area contributed by atoms with Crippen LogP contribution in [-0.2, 0) is 10.0 Å². The van der Waals surface area contributed by atoms with Crippen LogP contribution in [-0.4, -0.2) is 65.3 Å². The van der Waals surface area contributed by atoms with Gasteiger partial charge in [-0.15, -0.1) is 24.0 Å². The molecule has 0 amide bonds. The van der Waals surface area contributed by atoms with Gasteiger partial charge in [-0.25, -0.2) is 12.7 Å². The summed E-state index contributed by atoms with van der Waals surface area (Å²) >= 11 is 0. The van der Waals surface area contributed by atoms with Crippen molar-refractivity contribution in [2.45, 2.75) is 20.3 Å². The van der Waals surface area contributed by atoms with Crippen molar-refractivity contribution in [2.24, 2.45) is 4.99 Å². The van der Waals surface area contributed by atoms with Gasteiger partial charge < -0.3 is 20.1 Å². The van der Waals surface area contributed by atoms with Crippen molar-refractivity contribution >= 4 is 45.6 Å². The van der Waals surface area contributed by atoms with Gasteiger partial charge in [-0.1, -0.05) is 6.92 Å². The van der Waals surface area contributed by atoms with Crippen LogP contribution in [0.2, 0.25) is 0 Å². The van der Waals surface area contributed by atoms with E-state index in [-0.39, 0.29) is 24.0 Å². The van der Waals surface area contributed by atoms with Gasteiger partial charge in [0.15, 0.2) is 17.5 Å². The molecular weight excluding hydrogens is 483 g/mol. The summed E-state index contributed by atoms with van der Waals surface area (Å²) in [5.41, 5.74) is 0.814. The second-order valence-corrected chi connectivity index (χ2v) is 7.51. The maximum atomic E-state index is 11.6. The Morgan fingerprint density at radius 2 is 1.96 bits per heavy atom. The summed E-state index contributed by atoms with van der Waals surface area (Å²) in [7, 11) is 0.124. The first-order valence-electron chi connectivity index (χ1n) is 8.59. The maximum absolute atomic E-state index is 11.6. The van der Waals surface area contributed by atoms with E-state index in [1.54, 1.807) is 14.2 Å². The Hall–Kier alpha value is -1.27. The molecule has 0 aromatic heterocycles. The van der Waals surface area contributed by atoms with Crippen LogP contribution in [0.5, 0.6) is 11.5 Å². The van der Waals surface area contributed by atoms with Crippen molar-refractivity contribution in [2.75, 3.05) is 52.0 Å². The van der Waals surface area contributed by atoms with Gasteiger partial charge in [-0.2, -0.15) is 0 Å². The van der Waals surface area contributed by atoms with Crippen molar-refractivity contribution in [1.29, 1.82) is 0 Å². The molecule has 8 nitrogen and oxygen atoms in total. The molecule has 0 aliphatic heterocycles. The van der Waals surface area contributed by atoms with E-state index in [1.165, 1.54) is 10.6 Å². The molecule has 2 N–H and O–H groups in total. The van der Waals surface area contributed by atoms with Crippen molar-refractivity contribution in [3.05, 3.63) is 18.2 Å². The highest BCUT2D eigenvalue weighted by Crippen LogP contribution is 2.30. The largest absolute Gasteiger partial charge is 0.493 e. The third kappa shape index (κ3) is 8.98. The van der Waals surface area contributed by atoms with Crippen molar-refractivity contribution < 1.29 is 17.9 Å². The summed E-state index contributed by atoms with van der Waals surface area (Å²) in [4.78, 5) is 4.18. The molecule has 0 fully saturated rings. The number of hydrogen-bond acceptors (Lipinski definition) is 5. The summed E-state index contributed by atoms with van der Waals surface area (Å²) in [5, 5.41) is 6.36. The number of nitrogens with one attached hydrogen (secondary N) is 2. The molecule has 1 aromatic carbocycles. The number of benzene rings is 1. The molecule has 1 rings (SSSR count). The highest BCUT2D eigenvalue weighted by atomic mass is 127. The van der Waals surface area contributed by atoms with Gasteiger partial charge in [0.1, 0.15) is 0 Å². The Kier molecular flexibility index (Phi) is 12.4. The van der Waals surface area contributed by atoms with E-state index < -0.39 is 10.0 Å². The molecule has 0 aliphatic carbocycles. The van der Waals surface area contributed by atoms with Crippen LogP contribution in [0.3, 0.4) is 0 Å². The second kappa shape index (κ2) is 13.0. The Balaban J connectivity index is 0.00000676. The average Bonchev–Trinajstić information content (AvgIpc) is 2.60. The van der Waals surface area contributed by atoms with Crippen molar-refractivity contribution in [1.82, 2.24) is 9.62 Å². The third-order valence-electron chi connectivity index (χ3n) is 3.65. The number of aliphatic imine (C=N–C) groups is 1. The van der Waals surface area contributed by atoms with Crippen molar-refractivity contribution in [3.63, 3.8) is 0 Å². The zero-order chi connectivity index (χ0) is 19.6. The van der Waals surface area contributed by atoms with E-state index in [4.69, 9.17) is 9.47 Å². The lowest BCUT2D eigenvalue weighted by Crippen LogP contribution is -2.35. The molecule has 0 saturated carbocycles. The van der Waals surface area contributed by atoms with E-state index in [0.29, 0.717) is 50.1 Å². The topological polar surface area (TPSA) is 92.3 Å². The number of guanidine groups is 1. The highest BCUT2D eigenvalue weighted by Gasteiger charge is 2.13. The number of halogens is 1. The normalized spacial score (nSPS) is 11.7.